The van der Waals surface area contributed by atoms with E-state index < -0.39 is 0 Å². The summed E-state index contributed by atoms with van der Waals surface area (Å²) >= 11 is 0. The zero-order valence-corrected chi connectivity index (χ0v) is 18.5. The van der Waals surface area contributed by atoms with Gasteiger partial charge in [0.1, 0.15) is 5.75 Å². The Morgan fingerprint density at radius 2 is 1.33 bits per heavy atom. The summed E-state index contributed by atoms with van der Waals surface area (Å²) in [6.07, 6.45) is 3.63. The van der Waals surface area contributed by atoms with Crippen molar-refractivity contribution >= 4 is 12.2 Å². The first kappa shape index (κ1) is 21.8. The van der Waals surface area contributed by atoms with Gasteiger partial charge in [0.25, 0.3) is 0 Å². The molecule has 0 unspecified atom stereocenters. The molecule has 1 aromatic heterocycles. The van der Waals surface area contributed by atoms with Crippen LogP contribution in [0.3, 0.4) is 0 Å². The van der Waals surface area contributed by atoms with E-state index in [4.69, 9.17) is 14.2 Å². The molecule has 1 heterocycles. The predicted octanol–water partition coefficient (Wildman–Crippen LogP) is 5.11. The summed E-state index contributed by atoms with van der Waals surface area (Å²) in [6, 6.07) is 20.2. The Morgan fingerprint density at radius 1 is 0.697 bits per heavy atom. The summed E-state index contributed by atoms with van der Waals surface area (Å²) in [6.45, 7) is 0. The molecular formula is C26H23N3O4. The fourth-order valence-corrected chi connectivity index (χ4v) is 3.33. The minimum absolute atomic E-state index is 0.0993. The molecule has 0 bridgehead atoms. The lowest BCUT2D eigenvalue weighted by Gasteiger charge is -2.12. The van der Waals surface area contributed by atoms with E-state index in [0.29, 0.717) is 40.3 Å². The van der Waals surface area contributed by atoms with Crippen LogP contribution >= 0.6 is 0 Å². The lowest BCUT2D eigenvalue weighted by molar-refractivity contribution is 0.324. The molecule has 4 aromatic rings. The maximum atomic E-state index is 10.3. The molecule has 0 amide bonds. The number of phenolic OH excluding ortho intramolecular Hbond substituents is 1. The molecule has 3 aromatic carbocycles. The van der Waals surface area contributed by atoms with Crippen LogP contribution in [0.5, 0.6) is 23.0 Å². The summed E-state index contributed by atoms with van der Waals surface area (Å²) < 4.78 is 16.2. The van der Waals surface area contributed by atoms with Gasteiger partial charge in [0.2, 0.25) is 5.75 Å². The van der Waals surface area contributed by atoms with Gasteiger partial charge in [-0.25, -0.2) is 15.0 Å². The van der Waals surface area contributed by atoms with E-state index in [2.05, 4.69) is 15.0 Å². The first-order chi connectivity index (χ1) is 16.1. The van der Waals surface area contributed by atoms with Gasteiger partial charge in [-0.2, -0.15) is 0 Å². The van der Waals surface area contributed by atoms with Crippen molar-refractivity contribution in [3.63, 3.8) is 0 Å². The van der Waals surface area contributed by atoms with E-state index in [1.54, 1.807) is 45.6 Å². The van der Waals surface area contributed by atoms with Gasteiger partial charge in [0.15, 0.2) is 29.0 Å². The fourth-order valence-electron chi connectivity index (χ4n) is 3.33. The smallest absolute Gasteiger partial charge is 0.203 e. The molecule has 0 aliphatic heterocycles. The number of nitrogens with zero attached hydrogens (tertiary/aromatic N) is 3. The normalized spacial score (nSPS) is 10.9. The Hall–Kier alpha value is -4.39. The lowest BCUT2D eigenvalue weighted by Crippen LogP contribution is -2.00. The van der Waals surface area contributed by atoms with Gasteiger partial charge in [0.05, 0.1) is 26.9 Å². The van der Waals surface area contributed by atoms with Crippen LogP contribution in [0.4, 0.5) is 0 Å². The summed E-state index contributed by atoms with van der Waals surface area (Å²) in [4.78, 5) is 13.8. The standard InChI is InChI=1S/C26H23N3O4/c1-31-21-15-17(16-22(32-2)24(21)33-3)13-14-23-27-25(18-9-5-4-6-10-18)29-26(28-23)19-11-7-8-12-20(19)30/h4-16,30H,1-3H3. The second kappa shape index (κ2) is 9.82. The Labute approximate surface area is 192 Å². The van der Waals surface area contributed by atoms with Crippen LogP contribution in [0.1, 0.15) is 11.4 Å². The van der Waals surface area contributed by atoms with E-state index in [-0.39, 0.29) is 5.75 Å². The van der Waals surface area contributed by atoms with Crippen LogP contribution in [0.15, 0.2) is 66.7 Å². The number of methoxy groups -OCH3 is 3. The molecule has 0 aliphatic carbocycles. The SMILES string of the molecule is COc1cc(C=Cc2nc(-c3ccccc3)nc(-c3ccccc3O)n2)cc(OC)c1OC. The fraction of sp³-hybridized carbons (Fsp3) is 0.115. The highest BCUT2D eigenvalue weighted by Crippen LogP contribution is 2.38. The Balaban J connectivity index is 1.80. The van der Waals surface area contributed by atoms with Gasteiger partial charge < -0.3 is 19.3 Å². The summed E-state index contributed by atoms with van der Waals surface area (Å²) in [5.41, 5.74) is 2.19. The van der Waals surface area contributed by atoms with Crippen molar-refractivity contribution < 1.29 is 19.3 Å². The molecule has 0 aliphatic rings. The average molecular weight is 441 g/mol. The van der Waals surface area contributed by atoms with E-state index in [1.807, 2.05) is 54.6 Å². The minimum Gasteiger partial charge on any atom is -0.507 e. The van der Waals surface area contributed by atoms with Crippen molar-refractivity contribution in [2.75, 3.05) is 21.3 Å². The highest BCUT2D eigenvalue weighted by molar-refractivity contribution is 5.73. The lowest BCUT2D eigenvalue weighted by atomic mass is 10.1. The van der Waals surface area contributed by atoms with Crippen molar-refractivity contribution in [3.05, 3.63) is 78.1 Å². The second-order valence-corrected chi connectivity index (χ2v) is 7.02. The van der Waals surface area contributed by atoms with Crippen LogP contribution in [-0.2, 0) is 0 Å². The maximum absolute atomic E-state index is 10.3. The summed E-state index contributed by atoms with van der Waals surface area (Å²) in [7, 11) is 4.70. The van der Waals surface area contributed by atoms with Gasteiger partial charge in [-0.15, -0.1) is 0 Å². The van der Waals surface area contributed by atoms with Crippen molar-refractivity contribution in [2.24, 2.45) is 0 Å². The van der Waals surface area contributed by atoms with Gasteiger partial charge >= 0.3 is 0 Å². The average Bonchev–Trinajstić information content (AvgIpc) is 2.87. The molecule has 0 saturated carbocycles. The molecule has 166 valence electrons. The van der Waals surface area contributed by atoms with E-state index in [0.717, 1.165) is 11.1 Å². The van der Waals surface area contributed by atoms with Crippen LogP contribution in [-0.4, -0.2) is 41.4 Å². The monoisotopic (exact) mass is 441 g/mol. The van der Waals surface area contributed by atoms with Crippen molar-refractivity contribution in [2.45, 2.75) is 0 Å². The number of hydrogen-bond acceptors (Lipinski definition) is 7. The van der Waals surface area contributed by atoms with E-state index in [9.17, 15) is 5.11 Å². The maximum Gasteiger partial charge on any atom is 0.203 e. The molecular weight excluding hydrogens is 418 g/mol. The number of benzene rings is 3. The number of hydrogen-bond donors (Lipinski definition) is 1. The molecule has 0 radical (unpaired) electrons. The first-order valence-electron chi connectivity index (χ1n) is 10.2. The molecule has 0 atom stereocenters. The third-order valence-corrected chi connectivity index (χ3v) is 4.94. The minimum atomic E-state index is 0.0993. The van der Waals surface area contributed by atoms with Gasteiger partial charge in [0, 0.05) is 5.56 Å². The largest absolute Gasteiger partial charge is 0.507 e. The van der Waals surface area contributed by atoms with E-state index in [1.165, 1.54) is 0 Å². The zero-order chi connectivity index (χ0) is 23.2. The highest BCUT2D eigenvalue weighted by Gasteiger charge is 2.14. The number of aromatic nitrogens is 3. The Kier molecular flexibility index (Phi) is 6.50. The first-order valence-corrected chi connectivity index (χ1v) is 10.2. The molecule has 33 heavy (non-hydrogen) atoms. The molecule has 0 saturated heterocycles. The van der Waals surface area contributed by atoms with Crippen LogP contribution in [0.2, 0.25) is 0 Å². The van der Waals surface area contributed by atoms with Crippen molar-refractivity contribution in [1.29, 1.82) is 0 Å². The number of para-hydroxylation sites is 1. The quantitative estimate of drug-likeness (QED) is 0.427. The molecule has 1 N–H and O–H groups in total. The van der Waals surface area contributed by atoms with E-state index >= 15 is 0 Å². The third-order valence-electron chi connectivity index (χ3n) is 4.94. The molecule has 0 fully saturated rings. The molecule has 0 spiro atoms. The zero-order valence-electron chi connectivity index (χ0n) is 18.5. The van der Waals surface area contributed by atoms with Crippen LogP contribution in [0, 0.1) is 0 Å². The molecule has 7 nitrogen and oxygen atoms in total. The number of ether oxygens (including phenoxy) is 3. The van der Waals surface area contributed by atoms with Gasteiger partial charge in [-0.3, -0.25) is 0 Å². The number of aromatic hydroxyl groups is 1. The molecule has 4 rings (SSSR count). The Bertz CT molecular complexity index is 1260. The van der Waals surface area contributed by atoms with Crippen LogP contribution in [0.25, 0.3) is 34.9 Å². The van der Waals surface area contributed by atoms with Gasteiger partial charge in [-0.1, -0.05) is 48.5 Å². The van der Waals surface area contributed by atoms with Gasteiger partial charge in [-0.05, 0) is 35.9 Å². The summed E-state index contributed by atoms with van der Waals surface area (Å²) in [5.74, 6) is 3.04. The van der Waals surface area contributed by atoms with Crippen molar-refractivity contribution in [3.8, 4) is 45.8 Å². The van der Waals surface area contributed by atoms with Crippen molar-refractivity contribution in [1.82, 2.24) is 15.0 Å². The second-order valence-electron chi connectivity index (χ2n) is 7.02. The highest BCUT2D eigenvalue weighted by atomic mass is 16.5. The van der Waals surface area contributed by atoms with Crippen LogP contribution < -0.4 is 14.2 Å². The topological polar surface area (TPSA) is 86.6 Å². The Morgan fingerprint density at radius 3 is 1.97 bits per heavy atom. The molecule has 7 heteroatoms. The summed E-state index contributed by atoms with van der Waals surface area (Å²) in [5, 5.41) is 10.3. The third kappa shape index (κ3) is 4.77. The number of phenols is 1. The predicted molar refractivity (Wildman–Crippen MR) is 127 cm³/mol. The number of rotatable bonds is 7.